The number of rotatable bonds is 5. The van der Waals surface area contributed by atoms with Crippen LogP contribution in [0.15, 0.2) is 18.5 Å². The van der Waals surface area contributed by atoms with Crippen LogP contribution in [0.1, 0.15) is 31.5 Å². The fraction of sp³-hybridized carbons (Fsp3) is 0.529. The molecule has 2 amide bonds. The Labute approximate surface area is 146 Å². The summed E-state index contributed by atoms with van der Waals surface area (Å²) in [4.78, 5) is 34.1. The van der Waals surface area contributed by atoms with E-state index >= 15 is 0 Å². The number of carbonyl (C=O) groups is 2. The Morgan fingerprint density at radius 3 is 3.04 bits per heavy atom. The highest BCUT2D eigenvalue weighted by molar-refractivity contribution is 5.76. The summed E-state index contributed by atoms with van der Waals surface area (Å²) in [7, 11) is 1.34. The van der Waals surface area contributed by atoms with Crippen LogP contribution in [-0.2, 0) is 16.1 Å². The van der Waals surface area contributed by atoms with Crippen LogP contribution in [0, 0.1) is 0 Å². The molecule has 1 N–H and O–H groups in total. The van der Waals surface area contributed by atoms with Gasteiger partial charge in [0.1, 0.15) is 5.82 Å². The number of nitrogens with one attached hydrogen (secondary N) is 1. The molecule has 1 saturated heterocycles. The molecule has 0 unspecified atom stereocenters. The second-order valence-corrected chi connectivity index (χ2v) is 6.07. The summed E-state index contributed by atoms with van der Waals surface area (Å²) in [5, 5.41) is 2.77. The Balaban J connectivity index is 1.65. The van der Waals surface area contributed by atoms with E-state index in [9.17, 15) is 9.59 Å². The molecule has 0 aliphatic carbocycles. The van der Waals surface area contributed by atoms with E-state index in [-0.39, 0.29) is 30.9 Å². The number of nitrogens with zero attached hydrogens (tertiary/aromatic N) is 4. The van der Waals surface area contributed by atoms with Crippen molar-refractivity contribution in [3.05, 3.63) is 24.3 Å². The molecule has 0 aromatic carbocycles. The molecular weight excluding hydrogens is 322 g/mol. The zero-order chi connectivity index (χ0) is 17.8. The SMILES string of the molecule is CCn1c([C@H]2CCN(C(=O)NCCC(=O)OC)C2)nc2ccncc21. The smallest absolute Gasteiger partial charge is 0.317 e. The molecule has 0 radical (unpaired) electrons. The lowest BCUT2D eigenvalue weighted by Crippen LogP contribution is -2.39. The number of imidazole rings is 1. The normalized spacial score (nSPS) is 17.0. The maximum Gasteiger partial charge on any atom is 0.317 e. The molecule has 8 heteroatoms. The lowest BCUT2D eigenvalue weighted by molar-refractivity contribution is -0.140. The predicted octanol–water partition coefficient (Wildman–Crippen LogP) is 1.51. The second kappa shape index (κ2) is 7.50. The fourth-order valence-corrected chi connectivity index (χ4v) is 3.27. The summed E-state index contributed by atoms with van der Waals surface area (Å²) in [5.41, 5.74) is 1.97. The van der Waals surface area contributed by atoms with Gasteiger partial charge in [-0.2, -0.15) is 0 Å². The maximum absolute atomic E-state index is 12.2. The number of hydrogen-bond acceptors (Lipinski definition) is 5. The third kappa shape index (κ3) is 3.57. The van der Waals surface area contributed by atoms with Crippen molar-refractivity contribution in [2.45, 2.75) is 32.2 Å². The van der Waals surface area contributed by atoms with E-state index < -0.39 is 0 Å². The summed E-state index contributed by atoms with van der Waals surface area (Å²) in [6.45, 7) is 4.50. The van der Waals surface area contributed by atoms with Crippen molar-refractivity contribution in [2.24, 2.45) is 0 Å². The number of carbonyl (C=O) groups excluding carboxylic acids is 2. The zero-order valence-electron chi connectivity index (χ0n) is 14.6. The number of pyridine rings is 1. The Morgan fingerprint density at radius 2 is 2.28 bits per heavy atom. The summed E-state index contributed by atoms with van der Waals surface area (Å²) in [6, 6.07) is 1.77. The standard InChI is InChI=1S/C17H23N5O3/c1-3-22-14-10-18-7-4-13(14)20-16(22)12-6-9-21(11-12)17(24)19-8-5-15(23)25-2/h4,7,10,12H,3,5-6,8-9,11H2,1-2H3,(H,19,24)/t12-/m0/s1. The number of urea groups is 1. The second-order valence-electron chi connectivity index (χ2n) is 6.07. The van der Waals surface area contributed by atoms with E-state index in [4.69, 9.17) is 4.98 Å². The highest BCUT2D eigenvalue weighted by Crippen LogP contribution is 2.29. The average molecular weight is 345 g/mol. The van der Waals surface area contributed by atoms with Gasteiger partial charge < -0.3 is 19.5 Å². The average Bonchev–Trinajstić information content (AvgIpc) is 3.25. The van der Waals surface area contributed by atoms with Crippen molar-refractivity contribution in [1.82, 2.24) is 24.8 Å². The Kier molecular flexibility index (Phi) is 5.16. The quantitative estimate of drug-likeness (QED) is 0.830. The van der Waals surface area contributed by atoms with E-state index in [1.165, 1.54) is 7.11 Å². The minimum Gasteiger partial charge on any atom is -0.469 e. The summed E-state index contributed by atoms with van der Waals surface area (Å²) >= 11 is 0. The third-order valence-electron chi connectivity index (χ3n) is 4.57. The molecule has 0 saturated carbocycles. The van der Waals surface area contributed by atoms with E-state index in [2.05, 4.69) is 26.5 Å². The lowest BCUT2D eigenvalue weighted by Gasteiger charge is -2.17. The first-order valence-corrected chi connectivity index (χ1v) is 8.53. The highest BCUT2D eigenvalue weighted by atomic mass is 16.5. The van der Waals surface area contributed by atoms with Crippen molar-refractivity contribution < 1.29 is 14.3 Å². The van der Waals surface area contributed by atoms with E-state index in [1.807, 2.05) is 12.3 Å². The number of ether oxygens (including phenoxy) is 1. The number of aromatic nitrogens is 3. The number of esters is 1. The van der Waals surface area contributed by atoms with E-state index in [1.54, 1.807) is 11.1 Å². The molecule has 0 bridgehead atoms. The van der Waals surface area contributed by atoms with E-state index in [0.717, 1.165) is 29.8 Å². The molecule has 0 spiro atoms. The maximum atomic E-state index is 12.2. The molecule has 2 aromatic rings. The molecule has 1 fully saturated rings. The Hall–Kier alpha value is -2.64. The molecule has 1 aliphatic heterocycles. The van der Waals surface area contributed by atoms with Crippen molar-refractivity contribution in [3.8, 4) is 0 Å². The number of hydrogen-bond donors (Lipinski definition) is 1. The van der Waals surface area contributed by atoms with Gasteiger partial charge in [0.25, 0.3) is 0 Å². The highest BCUT2D eigenvalue weighted by Gasteiger charge is 2.30. The monoisotopic (exact) mass is 345 g/mol. The summed E-state index contributed by atoms with van der Waals surface area (Å²) in [6.07, 6.45) is 4.63. The number of methoxy groups -OCH3 is 1. The topological polar surface area (TPSA) is 89.4 Å². The predicted molar refractivity (Wildman–Crippen MR) is 92.2 cm³/mol. The molecule has 2 aromatic heterocycles. The molecule has 8 nitrogen and oxygen atoms in total. The van der Waals surface area contributed by atoms with E-state index in [0.29, 0.717) is 13.1 Å². The molecule has 1 atom stereocenters. The van der Waals surface area contributed by atoms with Crippen molar-refractivity contribution in [1.29, 1.82) is 0 Å². The molecule has 1 aliphatic rings. The third-order valence-corrected chi connectivity index (χ3v) is 4.57. The molecule has 3 heterocycles. The Morgan fingerprint density at radius 1 is 1.44 bits per heavy atom. The summed E-state index contributed by atoms with van der Waals surface area (Å²) < 4.78 is 6.74. The first-order chi connectivity index (χ1) is 12.1. The fourth-order valence-electron chi connectivity index (χ4n) is 3.27. The van der Waals surface area contributed by atoms with Crippen LogP contribution in [0.5, 0.6) is 0 Å². The lowest BCUT2D eigenvalue weighted by atomic mass is 10.1. The zero-order valence-corrected chi connectivity index (χ0v) is 14.6. The molecular formula is C17H23N5O3. The largest absolute Gasteiger partial charge is 0.469 e. The van der Waals surface area contributed by atoms with Crippen LogP contribution in [0.4, 0.5) is 4.79 Å². The van der Waals surface area contributed by atoms with Gasteiger partial charge in [-0.3, -0.25) is 9.78 Å². The number of likely N-dealkylation sites (tertiary alicyclic amines) is 1. The van der Waals surface area contributed by atoms with Gasteiger partial charge in [-0.15, -0.1) is 0 Å². The summed E-state index contributed by atoms with van der Waals surface area (Å²) in [5.74, 6) is 0.888. The van der Waals surface area contributed by atoms with Gasteiger partial charge in [0.2, 0.25) is 0 Å². The van der Waals surface area contributed by atoms with Crippen LogP contribution in [0.2, 0.25) is 0 Å². The van der Waals surface area contributed by atoms with Gasteiger partial charge in [0.15, 0.2) is 0 Å². The molecule has 3 rings (SSSR count). The van der Waals surface area contributed by atoms with Gasteiger partial charge in [-0.25, -0.2) is 9.78 Å². The minimum absolute atomic E-state index is 0.146. The molecule has 25 heavy (non-hydrogen) atoms. The number of amides is 2. The van der Waals surface area contributed by atoms with Crippen LogP contribution in [-0.4, -0.2) is 58.2 Å². The molecule has 134 valence electrons. The van der Waals surface area contributed by atoms with Crippen molar-refractivity contribution >= 4 is 23.0 Å². The van der Waals surface area contributed by atoms with Gasteiger partial charge in [0, 0.05) is 38.3 Å². The van der Waals surface area contributed by atoms with Crippen molar-refractivity contribution in [2.75, 3.05) is 26.7 Å². The van der Waals surface area contributed by atoms with Gasteiger partial charge in [0.05, 0.1) is 30.8 Å². The Bertz CT molecular complexity index is 773. The number of aryl methyl sites for hydroxylation is 1. The van der Waals surface area contributed by atoms with Gasteiger partial charge in [-0.05, 0) is 19.4 Å². The van der Waals surface area contributed by atoms with Gasteiger partial charge in [-0.1, -0.05) is 0 Å². The van der Waals surface area contributed by atoms with Crippen molar-refractivity contribution in [3.63, 3.8) is 0 Å². The number of fused-ring (bicyclic) bond motifs is 1. The first-order valence-electron chi connectivity index (χ1n) is 8.53. The van der Waals surface area contributed by atoms with Crippen LogP contribution in [0.25, 0.3) is 11.0 Å². The van der Waals surface area contributed by atoms with Crippen LogP contribution >= 0.6 is 0 Å². The van der Waals surface area contributed by atoms with Gasteiger partial charge >= 0.3 is 12.0 Å². The first kappa shape index (κ1) is 17.2. The van der Waals surface area contributed by atoms with Crippen LogP contribution < -0.4 is 5.32 Å². The minimum atomic E-state index is -0.329. The van der Waals surface area contributed by atoms with Crippen LogP contribution in [0.3, 0.4) is 0 Å².